The summed E-state index contributed by atoms with van der Waals surface area (Å²) in [5.41, 5.74) is 0.978. The van der Waals surface area contributed by atoms with Crippen LogP contribution in [-0.4, -0.2) is 18.8 Å². The van der Waals surface area contributed by atoms with Crippen molar-refractivity contribution in [3.8, 4) is 6.07 Å². The number of hydrogen-bond donors (Lipinski definition) is 2. The highest BCUT2D eigenvalue weighted by Gasteiger charge is 2.18. The Labute approximate surface area is 89.7 Å². The molecule has 0 fully saturated rings. The topological polar surface area (TPSA) is 78.2 Å². The van der Waals surface area contributed by atoms with Crippen LogP contribution in [0.3, 0.4) is 0 Å². The highest BCUT2D eigenvalue weighted by Crippen LogP contribution is 2.18. The van der Waals surface area contributed by atoms with Crippen molar-refractivity contribution in [3.63, 3.8) is 0 Å². The molecule has 1 N–H and O–H groups in total. The molecule has 5 heteroatoms. The maximum absolute atomic E-state index is 10.7. The number of nitrogens with zero attached hydrogens (tertiary/aromatic N) is 1. The van der Waals surface area contributed by atoms with Crippen LogP contribution in [0.2, 0.25) is 0 Å². The van der Waals surface area contributed by atoms with Crippen molar-refractivity contribution in [3.05, 3.63) is 35.4 Å². The molecule has 4 nitrogen and oxygen atoms in total. The molecule has 0 amide bonds. The second-order valence-electron chi connectivity index (χ2n) is 3.20. The molecule has 80 valence electrons. The Morgan fingerprint density at radius 1 is 1.33 bits per heavy atom. The van der Waals surface area contributed by atoms with E-state index in [9.17, 15) is 13.5 Å². The molecule has 15 heavy (non-hydrogen) atoms. The number of nitriles is 1. The highest BCUT2D eigenvalue weighted by molar-refractivity contribution is 7.73. The highest BCUT2D eigenvalue weighted by atomic mass is 32.2. The van der Waals surface area contributed by atoms with Crippen molar-refractivity contribution in [2.24, 2.45) is 0 Å². The van der Waals surface area contributed by atoms with Crippen molar-refractivity contribution in [2.45, 2.75) is 18.3 Å². The van der Waals surface area contributed by atoms with E-state index in [1.165, 1.54) is 6.92 Å². The van der Waals surface area contributed by atoms with Crippen molar-refractivity contribution in [1.29, 1.82) is 5.26 Å². The van der Waals surface area contributed by atoms with Gasteiger partial charge >= 0.3 is 0 Å². The average Bonchev–Trinajstić information content (AvgIpc) is 2.27. The van der Waals surface area contributed by atoms with Gasteiger partial charge in [0.2, 0.25) is 0 Å². The zero-order valence-electron chi connectivity index (χ0n) is 8.12. The Hall–Kier alpha value is -1.38. The Kier molecular flexibility index (Phi) is 3.83. The molecule has 2 atom stereocenters. The van der Waals surface area contributed by atoms with Gasteiger partial charge in [-0.05, 0) is 24.6 Å². The number of rotatable bonds is 3. The fourth-order valence-corrected chi connectivity index (χ4v) is 1.55. The van der Waals surface area contributed by atoms with E-state index in [0.717, 1.165) is 0 Å². The number of aliphatic hydroxyl groups is 1. The van der Waals surface area contributed by atoms with E-state index in [4.69, 9.17) is 5.26 Å². The van der Waals surface area contributed by atoms with E-state index in [2.05, 4.69) is 0 Å². The van der Waals surface area contributed by atoms with E-state index >= 15 is 0 Å². The van der Waals surface area contributed by atoms with Crippen molar-refractivity contribution in [2.75, 3.05) is 0 Å². The van der Waals surface area contributed by atoms with E-state index in [1.54, 1.807) is 24.3 Å². The monoisotopic (exact) mass is 225 g/mol. The molecule has 0 spiro atoms. The van der Waals surface area contributed by atoms with Crippen molar-refractivity contribution >= 4 is 10.7 Å². The van der Waals surface area contributed by atoms with Gasteiger partial charge < -0.3 is 5.11 Å². The first-order valence-corrected chi connectivity index (χ1v) is 5.62. The van der Waals surface area contributed by atoms with E-state index < -0.39 is 22.1 Å². The smallest absolute Gasteiger partial charge is 0.145 e. The molecule has 0 aliphatic carbocycles. The van der Waals surface area contributed by atoms with Gasteiger partial charge in [0, 0.05) is 0 Å². The quantitative estimate of drug-likeness (QED) is 0.738. The standard InChI is InChI=1S/C10H11NO3S/c1-7(15(13)14)10(12)9-4-2-8(6-11)3-5-9/h2-5,7,10,12,15H,1H3/t7-,10-/m1/s1. The lowest BCUT2D eigenvalue weighted by molar-refractivity contribution is 0.177. The molecule has 0 aromatic heterocycles. The third-order valence-corrected chi connectivity index (χ3v) is 3.12. The summed E-state index contributed by atoms with van der Waals surface area (Å²) in [5.74, 6) is 0. The van der Waals surface area contributed by atoms with Crippen LogP contribution in [0.5, 0.6) is 0 Å². The number of hydrogen-bond acceptors (Lipinski definition) is 4. The van der Waals surface area contributed by atoms with Gasteiger partial charge in [-0.25, -0.2) is 8.42 Å². The summed E-state index contributed by atoms with van der Waals surface area (Å²) in [6.07, 6.45) is -1.04. The fraction of sp³-hybridized carbons (Fsp3) is 0.300. The molecule has 0 aliphatic rings. The molecule has 1 rings (SSSR count). The molecule has 0 unspecified atom stereocenters. The van der Waals surface area contributed by atoms with Gasteiger partial charge in [-0.1, -0.05) is 12.1 Å². The average molecular weight is 225 g/mol. The summed E-state index contributed by atoms with van der Waals surface area (Å²) in [6.45, 7) is 1.44. The van der Waals surface area contributed by atoms with Crippen molar-refractivity contribution < 1.29 is 13.5 Å². The normalized spacial score (nSPS) is 14.5. The van der Waals surface area contributed by atoms with Gasteiger partial charge in [0.1, 0.15) is 10.7 Å². The Morgan fingerprint density at radius 3 is 2.27 bits per heavy atom. The molecule has 0 bridgehead atoms. The summed E-state index contributed by atoms with van der Waals surface area (Å²) < 4.78 is 21.3. The first-order valence-electron chi connectivity index (χ1n) is 4.38. The van der Waals surface area contributed by atoms with Crippen LogP contribution in [0, 0.1) is 11.3 Å². The lowest BCUT2D eigenvalue weighted by atomic mass is 10.1. The summed E-state index contributed by atoms with van der Waals surface area (Å²) in [5, 5.41) is 17.4. The SMILES string of the molecule is C[C@H]([C@@H](O)c1ccc(C#N)cc1)[SH](=O)=O. The summed E-state index contributed by atoms with van der Waals surface area (Å²) in [4.78, 5) is 0. The summed E-state index contributed by atoms with van der Waals surface area (Å²) in [7, 11) is -2.65. The van der Waals surface area contributed by atoms with Gasteiger partial charge in [-0.15, -0.1) is 0 Å². The minimum Gasteiger partial charge on any atom is -0.387 e. The maximum atomic E-state index is 10.7. The minimum absolute atomic E-state index is 0.477. The van der Waals surface area contributed by atoms with Gasteiger partial charge in [0.25, 0.3) is 0 Å². The van der Waals surface area contributed by atoms with Crippen LogP contribution in [0.15, 0.2) is 24.3 Å². The number of benzene rings is 1. The Bertz CT molecular complexity index is 437. The molecule has 0 aliphatic heterocycles. The van der Waals surface area contributed by atoms with Gasteiger partial charge in [0.15, 0.2) is 0 Å². The summed E-state index contributed by atoms with van der Waals surface area (Å²) >= 11 is 0. The lowest BCUT2D eigenvalue weighted by Gasteiger charge is -2.13. The van der Waals surface area contributed by atoms with Gasteiger partial charge in [-0.3, -0.25) is 0 Å². The van der Waals surface area contributed by atoms with Crippen LogP contribution in [0.1, 0.15) is 24.2 Å². The third kappa shape index (κ3) is 2.78. The second-order valence-corrected chi connectivity index (χ2v) is 4.59. The van der Waals surface area contributed by atoms with Crippen LogP contribution < -0.4 is 0 Å². The molecule has 0 saturated carbocycles. The lowest BCUT2D eigenvalue weighted by Crippen LogP contribution is -2.16. The fourth-order valence-electron chi connectivity index (χ4n) is 1.15. The van der Waals surface area contributed by atoms with E-state index in [0.29, 0.717) is 11.1 Å². The van der Waals surface area contributed by atoms with Gasteiger partial charge in [-0.2, -0.15) is 5.26 Å². The van der Waals surface area contributed by atoms with E-state index in [1.807, 2.05) is 6.07 Å². The van der Waals surface area contributed by atoms with E-state index in [-0.39, 0.29) is 0 Å². The molecular weight excluding hydrogens is 214 g/mol. The minimum atomic E-state index is -2.65. The molecule has 0 saturated heterocycles. The predicted octanol–water partition coefficient (Wildman–Crippen LogP) is 0.592. The van der Waals surface area contributed by atoms with Gasteiger partial charge in [0.05, 0.1) is 23.0 Å². The second kappa shape index (κ2) is 4.91. The first-order chi connectivity index (χ1) is 7.06. The Balaban J connectivity index is 2.93. The maximum Gasteiger partial charge on any atom is 0.145 e. The number of aliphatic hydroxyl groups excluding tert-OH is 1. The zero-order chi connectivity index (χ0) is 11.4. The predicted molar refractivity (Wildman–Crippen MR) is 55.9 cm³/mol. The molecule has 0 heterocycles. The zero-order valence-corrected chi connectivity index (χ0v) is 9.02. The molecule has 1 aromatic rings. The van der Waals surface area contributed by atoms with Crippen LogP contribution in [0.25, 0.3) is 0 Å². The first kappa shape index (κ1) is 11.7. The molecule has 1 aromatic carbocycles. The molecular formula is C10H11NO3S. The molecule has 0 radical (unpaired) electrons. The number of thiol groups is 1. The largest absolute Gasteiger partial charge is 0.387 e. The Morgan fingerprint density at radius 2 is 1.87 bits per heavy atom. The van der Waals surface area contributed by atoms with Crippen LogP contribution in [0.4, 0.5) is 0 Å². The summed E-state index contributed by atoms with van der Waals surface area (Å²) in [6, 6.07) is 8.14. The van der Waals surface area contributed by atoms with Crippen LogP contribution in [-0.2, 0) is 10.7 Å². The van der Waals surface area contributed by atoms with Crippen molar-refractivity contribution in [1.82, 2.24) is 0 Å². The third-order valence-electron chi connectivity index (χ3n) is 2.17. The van der Waals surface area contributed by atoms with Crippen LogP contribution >= 0.6 is 0 Å².